The molecule has 0 amide bonds. The topological polar surface area (TPSA) is 78.9 Å². The molecule has 0 fully saturated rings. The Morgan fingerprint density at radius 2 is 1.40 bits per heavy atom. The van der Waals surface area contributed by atoms with Crippen molar-refractivity contribution in [3.63, 3.8) is 0 Å². The van der Waals surface area contributed by atoms with Crippen LogP contribution in [0.1, 0.15) is 21.1 Å². The minimum Gasteiger partial charge on any atom is -0.442 e. The van der Waals surface area contributed by atoms with Crippen LogP contribution in [0.3, 0.4) is 0 Å². The van der Waals surface area contributed by atoms with E-state index in [1.54, 1.807) is 12.1 Å². The monoisotopic (exact) mass is 488 g/mol. The van der Waals surface area contributed by atoms with E-state index in [1.165, 1.54) is 30.3 Å². The first-order chi connectivity index (χ1) is 11.9. The Morgan fingerprint density at radius 3 is 1.88 bits per heavy atom. The summed E-state index contributed by atoms with van der Waals surface area (Å²) in [5.41, 5.74) is 0. The molecule has 0 saturated heterocycles. The Morgan fingerprint density at radius 1 is 0.840 bits per heavy atom. The average molecular weight is 490 g/mol. The van der Waals surface area contributed by atoms with E-state index in [0.29, 0.717) is 9.34 Å². The molecule has 0 aliphatic heterocycles. The molecule has 128 valence electrons. The molecule has 3 aromatic rings. The van der Waals surface area contributed by atoms with Gasteiger partial charge in [-0.3, -0.25) is 0 Å². The summed E-state index contributed by atoms with van der Waals surface area (Å²) in [6, 6.07) is 10.2. The lowest BCUT2D eigenvalue weighted by Crippen LogP contribution is -2.09. The highest BCUT2D eigenvalue weighted by molar-refractivity contribution is 9.10. The fourth-order valence-electron chi connectivity index (χ4n) is 1.78. The standard InChI is InChI=1S/C16H7Br2ClO6/c17-13-5-3-11(23-13)15(20)22-8-1-2-10(9(19)7-8)25-16(21)12-4-6-14(18)24-12/h1-7H. The lowest BCUT2D eigenvalue weighted by molar-refractivity contribution is 0.0685. The SMILES string of the molecule is O=C(Oc1ccc(OC(=O)c2ccc(Br)o2)c(Cl)c1)c1ccc(Br)o1. The Balaban J connectivity index is 1.70. The maximum absolute atomic E-state index is 11.9. The van der Waals surface area contributed by atoms with Gasteiger partial charge in [-0.05, 0) is 68.3 Å². The largest absolute Gasteiger partial charge is 0.442 e. The molecular weight excluding hydrogens is 483 g/mol. The van der Waals surface area contributed by atoms with E-state index >= 15 is 0 Å². The van der Waals surface area contributed by atoms with Gasteiger partial charge in [0, 0.05) is 6.07 Å². The van der Waals surface area contributed by atoms with Gasteiger partial charge in [0.2, 0.25) is 11.5 Å². The molecule has 0 spiro atoms. The lowest BCUT2D eigenvalue weighted by Gasteiger charge is -2.07. The second-order valence-corrected chi connectivity index (χ2v) is 6.55. The zero-order chi connectivity index (χ0) is 18.0. The molecule has 1 aromatic carbocycles. The van der Waals surface area contributed by atoms with Crippen molar-refractivity contribution >= 4 is 55.4 Å². The predicted molar refractivity (Wildman–Crippen MR) is 94.2 cm³/mol. The number of hydrogen-bond donors (Lipinski definition) is 0. The molecule has 25 heavy (non-hydrogen) atoms. The zero-order valence-electron chi connectivity index (χ0n) is 12.1. The third-order valence-corrected chi connectivity index (χ3v) is 4.01. The van der Waals surface area contributed by atoms with Crippen molar-refractivity contribution < 1.29 is 27.9 Å². The zero-order valence-corrected chi connectivity index (χ0v) is 16.1. The number of halogens is 3. The third kappa shape index (κ3) is 4.33. The van der Waals surface area contributed by atoms with Crippen molar-refractivity contribution in [2.45, 2.75) is 0 Å². The summed E-state index contributed by atoms with van der Waals surface area (Å²) in [5.74, 6) is -1.09. The van der Waals surface area contributed by atoms with E-state index in [9.17, 15) is 9.59 Å². The van der Waals surface area contributed by atoms with Crippen LogP contribution in [0, 0.1) is 0 Å². The van der Waals surface area contributed by atoms with E-state index in [-0.39, 0.29) is 28.0 Å². The minimum atomic E-state index is -0.710. The van der Waals surface area contributed by atoms with Gasteiger partial charge in [0.1, 0.15) is 11.5 Å². The van der Waals surface area contributed by atoms with Crippen LogP contribution in [-0.4, -0.2) is 11.9 Å². The van der Waals surface area contributed by atoms with Crippen LogP contribution in [0.15, 0.2) is 60.6 Å². The average Bonchev–Trinajstić information content (AvgIpc) is 3.18. The van der Waals surface area contributed by atoms with Gasteiger partial charge in [0.25, 0.3) is 0 Å². The summed E-state index contributed by atoms with van der Waals surface area (Å²) in [7, 11) is 0. The van der Waals surface area contributed by atoms with Gasteiger partial charge in [-0.15, -0.1) is 0 Å². The van der Waals surface area contributed by atoms with E-state index in [1.807, 2.05) is 0 Å². The van der Waals surface area contributed by atoms with Gasteiger partial charge in [-0.25, -0.2) is 9.59 Å². The van der Waals surface area contributed by atoms with E-state index in [0.717, 1.165) is 0 Å². The fourth-order valence-corrected chi connectivity index (χ4v) is 2.61. The number of ether oxygens (including phenoxy) is 2. The molecule has 0 aliphatic carbocycles. The molecule has 0 N–H and O–H groups in total. The number of hydrogen-bond acceptors (Lipinski definition) is 6. The number of benzene rings is 1. The fraction of sp³-hybridized carbons (Fsp3) is 0. The molecular formula is C16H7Br2ClO6. The summed E-state index contributed by atoms with van der Waals surface area (Å²) in [6.07, 6.45) is 0. The Kier molecular flexibility index (Phi) is 5.31. The number of esters is 2. The van der Waals surface area contributed by atoms with Crippen LogP contribution in [-0.2, 0) is 0 Å². The Labute approximate surface area is 162 Å². The smallest absolute Gasteiger partial charge is 0.379 e. The van der Waals surface area contributed by atoms with Gasteiger partial charge in [-0.1, -0.05) is 11.6 Å². The quantitative estimate of drug-likeness (QED) is 0.356. The maximum atomic E-state index is 11.9. The maximum Gasteiger partial charge on any atom is 0.379 e. The molecule has 0 unspecified atom stereocenters. The Bertz CT molecular complexity index is 946. The van der Waals surface area contributed by atoms with Crippen LogP contribution in [0.25, 0.3) is 0 Å². The van der Waals surface area contributed by atoms with Crippen LogP contribution < -0.4 is 9.47 Å². The summed E-state index contributed by atoms with van der Waals surface area (Å²) in [5, 5.41) is 0.0879. The minimum absolute atomic E-state index is 0.0156. The van der Waals surface area contributed by atoms with Crippen LogP contribution in [0.4, 0.5) is 0 Å². The third-order valence-electron chi connectivity index (χ3n) is 2.87. The first-order valence-electron chi connectivity index (χ1n) is 6.67. The van der Waals surface area contributed by atoms with Crippen LogP contribution in [0.2, 0.25) is 5.02 Å². The molecule has 0 atom stereocenters. The molecule has 0 radical (unpaired) electrons. The second kappa shape index (κ2) is 7.47. The molecule has 2 heterocycles. The van der Waals surface area contributed by atoms with E-state index < -0.39 is 11.9 Å². The highest BCUT2D eigenvalue weighted by Crippen LogP contribution is 2.30. The molecule has 9 heteroatoms. The predicted octanol–water partition coefficient (Wildman–Crippen LogP) is 5.49. The van der Waals surface area contributed by atoms with Gasteiger partial charge < -0.3 is 18.3 Å². The van der Waals surface area contributed by atoms with Crippen molar-refractivity contribution in [1.82, 2.24) is 0 Å². The molecule has 0 aliphatic rings. The Hall–Kier alpha value is -2.03. The summed E-state index contributed by atoms with van der Waals surface area (Å²) in [4.78, 5) is 23.8. The number of carbonyl (C=O) groups excluding carboxylic acids is 2. The first kappa shape index (κ1) is 17.8. The summed E-state index contributed by atoms with van der Waals surface area (Å²) < 4.78 is 21.3. The first-order valence-corrected chi connectivity index (χ1v) is 8.63. The lowest BCUT2D eigenvalue weighted by atomic mass is 10.3. The van der Waals surface area contributed by atoms with E-state index in [2.05, 4.69) is 31.9 Å². The second-order valence-electron chi connectivity index (χ2n) is 4.58. The van der Waals surface area contributed by atoms with Crippen molar-refractivity contribution in [1.29, 1.82) is 0 Å². The molecule has 2 aromatic heterocycles. The molecule has 6 nitrogen and oxygen atoms in total. The van der Waals surface area contributed by atoms with Gasteiger partial charge in [0.05, 0.1) is 5.02 Å². The van der Waals surface area contributed by atoms with Crippen molar-refractivity contribution in [2.24, 2.45) is 0 Å². The highest BCUT2D eigenvalue weighted by atomic mass is 79.9. The molecule has 0 bridgehead atoms. The highest BCUT2D eigenvalue weighted by Gasteiger charge is 2.17. The number of carbonyl (C=O) groups is 2. The van der Waals surface area contributed by atoms with E-state index in [4.69, 9.17) is 29.9 Å². The number of rotatable bonds is 4. The van der Waals surface area contributed by atoms with Crippen LogP contribution in [0.5, 0.6) is 11.5 Å². The van der Waals surface area contributed by atoms with Crippen molar-refractivity contribution in [3.8, 4) is 11.5 Å². The van der Waals surface area contributed by atoms with Gasteiger partial charge in [0.15, 0.2) is 9.34 Å². The molecule has 0 saturated carbocycles. The van der Waals surface area contributed by atoms with Crippen LogP contribution >= 0.6 is 43.5 Å². The van der Waals surface area contributed by atoms with Crippen molar-refractivity contribution in [2.75, 3.05) is 0 Å². The normalized spacial score (nSPS) is 10.5. The summed E-state index contributed by atoms with van der Waals surface area (Å²) in [6.45, 7) is 0. The number of furan rings is 2. The summed E-state index contributed by atoms with van der Waals surface area (Å²) >= 11 is 12.3. The van der Waals surface area contributed by atoms with Gasteiger partial charge in [-0.2, -0.15) is 0 Å². The van der Waals surface area contributed by atoms with Crippen molar-refractivity contribution in [3.05, 3.63) is 68.3 Å². The molecule has 3 rings (SSSR count). The van der Waals surface area contributed by atoms with Gasteiger partial charge >= 0.3 is 11.9 Å².